The molecule has 0 amide bonds. The van der Waals surface area contributed by atoms with Crippen molar-refractivity contribution < 1.29 is 9.53 Å². The highest BCUT2D eigenvalue weighted by Crippen LogP contribution is 2.41. The summed E-state index contributed by atoms with van der Waals surface area (Å²) in [4.78, 5) is 11.8. The van der Waals surface area contributed by atoms with Gasteiger partial charge in [0.25, 0.3) is 0 Å². The van der Waals surface area contributed by atoms with E-state index in [-0.39, 0.29) is 5.97 Å². The molecule has 1 aromatic carbocycles. The number of carbonyl (C=O) groups is 1. The topological polar surface area (TPSA) is 64.3 Å². The van der Waals surface area contributed by atoms with Gasteiger partial charge in [-0.3, -0.25) is 0 Å². The molecule has 4 nitrogen and oxygen atoms in total. The highest BCUT2D eigenvalue weighted by Gasteiger charge is 2.31. The Hall–Kier alpha value is -1.71. The minimum absolute atomic E-state index is 0.350. The number of nitrogens with two attached hydrogens (primary N) is 1. The van der Waals surface area contributed by atoms with Crippen LogP contribution in [0.25, 0.3) is 0 Å². The maximum absolute atomic E-state index is 11.8. The summed E-state index contributed by atoms with van der Waals surface area (Å²) in [7, 11) is 1.39. The average molecular weight is 276 g/mol. The van der Waals surface area contributed by atoms with E-state index in [9.17, 15) is 4.79 Å². The van der Waals surface area contributed by atoms with Crippen LogP contribution in [-0.2, 0) is 4.74 Å². The third kappa shape index (κ3) is 3.06. The molecule has 110 valence electrons. The summed E-state index contributed by atoms with van der Waals surface area (Å²) in [5, 5.41) is 3.43. The SMILES string of the molecule is CCC1(CNc2ccc(N)cc2C(=O)OC)CCCC1. The van der Waals surface area contributed by atoms with E-state index in [2.05, 4.69) is 12.2 Å². The van der Waals surface area contributed by atoms with Crippen LogP contribution in [0, 0.1) is 5.41 Å². The van der Waals surface area contributed by atoms with E-state index in [4.69, 9.17) is 10.5 Å². The Kier molecular flexibility index (Phi) is 4.53. The van der Waals surface area contributed by atoms with E-state index >= 15 is 0 Å². The van der Waals surface area contributed by atoms with E-state index in [1.54, 1.807) is 6.07 Å². The Bertz CT molecular complexity index is 479. The van der Waals surface area contributed by atoms with Crippen LogP contribution in [0.3, 0.4) is 0 Å². The first-order valence-electron chi connectivity index (χ1n) is 7.32. The molecule has 1 aliphatic carbocycles. The van der Waals surface area contributed by atoms with Crippen molar-refractivity contribution in [1.29, 1.82) is 0 Å². The third-order valence-corrected chi connectivity index (χ3v) is 4.52. The van der Waals surface area contributed by atoms with Gasteiger partial charge in [-0.05, 0) is 42.9 Å². The molecule has 1 saturated carbocycles. The molecule has 0 radical (unpaired) electrons. The second kappa shape index (κ2) is 6.16. The predicted molar refractivity (Wildman–Crippen MR) is 81.9 cm³/mol. The molecule has 2 rings (SSSR count). The number of nitrogens with one attached hydrogen (secondary N) is 1. The first kappa shape index (κ1) is 14.7. The van der Waals surface area contributed by atoms with Crippen molar-refractivity contribution in [3.05, 3.63) is 23.8 Å². The van der Waals surface area contributed by atoms with E-state index < -0.39 is 0 Å². The van der Waals surface area contributed by atoms with Crippen molar-refractivity contribution in [3.8, 4) is 0 Å². The number of methoxy groups -OCH3 is 1. The number of carbonyl (C=O) groups excluding carboxylic acids is 1. The fraction of sp³-hybridized carbons (Fsp3) is 0.562. The number of anilines is 2. The van der Waals surface area contributed by atoms with Crippen LogP contribution in [0.2, 0.25) is 0 Å². The van der Waals surface area contributed by atoms with Gasteiger partial charge in [-0.1, -0.05) is 19.8 Å². The first-order valence-corrected chi connectivity index (χ1v) is 7.32. The summed E-state index contributed by atoms with van der Waals surface area (Å²) >= 11 is 0. The molecule has 0 spiro atoms. The summed E-state index contributed by atoms with van der Waals surface area (Å²) in [6.07, 6.45) is 6.31. The molecule has 0 bridgehead atoms. The van der Waals surface area contributed by atoms with Gasteiger partial charge in [0.05, 0.1) is 12.7 Å². The van der Waals surface area contributed by atoms with Crippen LogP contribution in [-0.4, -0.2) is 19.6 Å². The van der Waals surface area contributed by atoms with Gasteiger partial charge in [-0.15, -0.1) is 0 Å². The maximum atomic E-state index is 11.8. The molecule has 20 heavy (non-hydrogen) atoms. The number of esters is 1. The molecule has 0 unspecified atom stereocenters. The lowest BCUT2D eigenvalue weighted by Crippen LogP contribution is -2.26. The lowest BCUT2D eigenvalue weighted by atomic mass is 9.83. The van der Waals surface area contributed by atoms with Crippen molar-refractivity contribution in [3.63, 3.8) is 0 Å². The smallest absolute Gasteiger partial charge is 0.340 e. The van der Waals surface area contributed by atoms with E-state index in [0.29, 0.717) is 16.7 Å². The van der Waals surface area contributed by atoms with Crippen molar-refractivity contribution >= 4 is 17.3 Å². The van der Waals surface area contributed by atoms with Crippen LogP contribution in [0.15, 0.2) is 18.2 Å². The minimum Gasteiger partial charge on any atom is -0.465 e. The second-order valence-corrected chi connectivity index (χ2v) is 5.71. The number of hydrogen-bond donors (Lipinski definition) is 2. The summed E-state index contributed by atoms with van der Waals surface area (Å²) in [5.41, 5.74) is 8.02. The summed E-state index contributed by atoms with van der Waals surface area (Å²) < 4.78 is 4.82. The molecule has 4 heteroatoms. The minimum atomic E-state index is -0.350. The zero-order valence-corrected chi connectivity index (χ0v) is 12.4. The van der Waals surface area contributed by atoms with Crippen molar-refractivity contribution in [2.24, 2.45) is 5.41 Å². The average Bonchev–Trinajstić information content (AvgIpc) is 2.94. The summed E-state index contributed by atoms with van der Waals surface area (Å²) in [6, 6.07) is 5.34. The van der Waals surface area contributed by atoms with Gasteiger partial charge in [0.15, 0.2) is 0 Å². The number of rotatable bonds is 5. The molecule has 1 fully saturated rings. The summed E-state index contributed by atoms with van der Waals surface area (Å²) in [6.45, 7) is 3.15. The quantitative estimate of drug-likeness (QED) is 0.638. The highest BCUT2D eigenvalue weighted by molar-refractivity contribution is 5.96. The zero-order chi connectivity index (χ0) is 14.6. The predicted octanol–water partition coefficient (Wildman–Crippen LogP) is 3.44. The molecular formula is C16H24N2O2. The highest BCUT2D eigenvalue weighted by atomic mass is 16.5. The van der Waals surface area contributed by atoms with Crippen molar-refractivity contribution in [1.82, 2.24) is 0 Å². The number of hydrogen-bond acceptors (Lipinski definition) is 4. The third-order valence-electron chi connectivity index (χ3n) is 4.52. The van der Waals surface area contributed by atoms with Gasteiger partial charge in [-0.2, -0.15) is 0 Å². The Labute approximate surface area is 120 Å². The van der Waals surface area contributed by atoms with Gasteiger partial charge in [0.2, 0.25) is 0 Å². The van der Waals surface area contributed by atoms with E-state index in [1.807, 2.05) is 12.1 Å². The van der Waals surface area contributed by atoms with Gasteiger partial charge >= 0.3 is 5.97 Å². The van der Waals surface area contributed by atoms with E-state index in [0.717, 1.165) is 12.2 Å². The van der Waals surface area contributed by atoms with E-state index in [1.165, 1.54) is 39.2 Å². The standard InChI is InChI=1S/C16H24N2O2/c1-3-16(8-4-5-9-16)11-18-14-7-6-12(17)10-13(14)15(19)20-2/h6-7,10,18H,3-5,8-9,11,17H2,1-2H3. The molecule has 3 N–H and O–H groups in total. The maximum Gasteiger partial charge on any atom is 0.340 e. The Morgan fingerprint density at radius 3 is 2.70 bits per heavy atom. The van der Waals surface area contributed by atoms with Crippen LogP contribution < -0.4 is 11.1 Å². The molecule has 0 atom stereocenters. The van der Waals surface area contributed by atoms with Gasteiger partial charge in [-0.25, -0.2) is 4.79 Å². The first-order chi connectivity index (χ1) is 9.60. The second-order valence-electron chi connectivity index (χ2n) is 5.71. The van der Waals surface area contributed by atoms with Gasteiger partial charge < -0.3 is 15.8 Å². The number of ether oxygens (including phenoxy) is 1. The zero-order valence-electron chi connectivity index (χ0n) is 12.4. The Balaban J connectivity index is 2.14. The summed E-state index contributed by atoms with van der Waals surface area (Å²) in [5.74, 6) is -0.350. The molecule has 0 aliphatic heterocycles. The van der Waals surface area contributed by atoms with Gasteiger partial charge in [0, 0.05) is 17.9 Å². The fourth-order valence-corrected chi connectivity index (χ4v) is 3.06. The molecule has 0 saturated heterocycles. The fourth-order valence-electron chi connectivity index (χ4n) is 3.06. The lowest BCUT2D eigenvalue weighted by molar-refractivity contribution is 0.0602. The lowest BCUT2D eigenvalue weighted by Gasteiger charge is -2.28. The van der Waals surface area contributed by atoms with Crippen LogP contribution in [0.5, 0.6) is 0 Å². The molecule has 0 heterocycles. The number of nitrogen functional groups attached to an aromatic ring is 1. The van der Waals surface area contributed by atoms with Crippen molar-refractivity contribution in [2.75, 3.05) is 24.7 Å². The largest absolute Gasteiger partial charge is 0.465 e. The van der Waals surface area contributed by atoms with Crippen molar-refractivity contribution in [2.45, 2.75) is 39.0 Å². The molecule has 1 aromatic rings. The molecule has 0 aromatic heterocycles. The normalized spacial score (nSPS) is 16.9. The Morgan fingerprint density at radius 2 is 2.10 bits per heavy atom. The molecule has 1 aliphatic rings. The van der Waals surface area contributed by atoms with Crippen LogP contribution >= 0.6 is 0 Å². The van der Waals surface area contributed by atoms with Crippen LogP contribution in [0.1, 0.15) is 49.4 Å². The van der Waals surface area contributed by atoms with Crippen LogP contribution in [0.4, 0.5) is 11.4 Å². The number of benzene rings is 1. The Morgan fingerprint density at radius 1 is 1.40 bits per heavy atom. The van der Waals surface area contributed by atoms with Gasteiger partial charge in [0.1, 0.15) is 0 Å². The monoisotopic (exact) mass is 276 g/mol. The molecular weight excluding hydrogens is 252 g/mol.